The van der Waals surface area contributed by atoms with Crippen LogP contribution in [-0.2, 0) is 6.54 Å². The molecule has 1 aliphatic carbocycles. The van der Waals surface area contributed by atoms with E-state index in [0.29, 0.717) is 18.1 Å². The summed E-state index contributed by atoms with van der Waals surface area (Å²) in [6.07, 6.45) is 6.03. The minimum Gasteiger partial charge on any atom is -0.467 e. The van der Waals surface area contributed by atoms with Gasteiger partial charge in [0.15, 0.2) is 0 Å². The van der Waals surface area contributed by atoms with Gasteiger partial charge in [-0.3, -0.25) is 9.89 Å². The molecule has 1 saturated carbocycles. The quantitative estimate of drug-likeness (QED) is 0.894. The van der Waals surface area contributed by atoms with Crippen molar-refractivity contribution in [2.75, 3.05) is 5.73 Å². The summed E-state index contributed by atoms with van der Waals surface area (Å²) in [4.78, 5) is 14.5. The molecular formula is C14H18N4O2. The second kappa shape index (κ2) is 5.40. The third kappa shape index (κ3) is 2.54. The first kappa shape index (κ1) is 12.8. The molecule has 0 spiro atoms. The number of amides is 1. The maximum atomic E-state index is 12.6. The molecule has 1 aliphatic rings. The van der Waals surface area contributed by atoms with Crippen LogP contribution in [0.3, 0.4) is 0 Å². The molecule has 0 saturated heterocycles. The van der Waals surface area contributed by atoms with Gasteiger partial charge in [-0.1, -0.05) is 12.8 Å². The maximum absolute atomic E-state index is 12.6. The van der Waals surface area contributed by atoms with Gasteiger partial charge >= 0.3 is 0 Å². The van der Waals surface area contributed by atoms with E-state index >= 15 is 0 Å². The number of aromatic nitrogens is 2. The van der Waals surface area contributed by atoms with Gasteiger partial charge in [0, 0.05) is 12.1 Å². The van der Waals surface area contributed by atoms with Crippen LogP contribution < -0.4 is 5.73 Å². The molecule has 2 aromatic rings. The highest BCUT2D eigenvalue weighted by molar-refractivity contribution is 5.93. The van der Waals surface area contributed by atoms with Crippen molar-refractivity contribution in [2.24, 2.45) is 0 Å². The summed E-state index contributed by atoms with van der Waals surface area (Å²) in [6.45, 7) is 0.482. The van der Waals surface area contributed by atoms with Gasteiger partial charge in [0.1, 0.15) is 17.3 Å². The number of nitrogens with zero attached hydrogens (tertiary/aromatic N) is 2. The SMILES string of the molecule is Nc1cc(C(=O)N(Cc2ccco2)C2CCCC2)[nH]n1. The molecule has 2 aromatic heterocycles. The Balaban J connectivity index is 1.82. The van der Waals surface area contributed by atoms with E-state index in [1.54, 1.807) is 12.3 Å². The Morgan fingerprint density at radius 2 is 2.30 bits per heavy atom. The Morgan fingerprint density at radius 1 is 1.50 bits per heavy atom. The lowest BCUT2D eigenvalue weighted by molar-refractivity contribution is 0.0643. The van der Waals surface area contributed by atoms with E-state index in [1.807, 2.05) is 17.0 Å². The fourth-order valence-corrected chi connectivity index (χ4v) is 2.75. The zero-order chi connectivity index (χ0) is 13.9. The lowest BCUT2D eigenvalue weighted by atomic mass is 10.2. The Hall–Kier alpha value is -2.24. The number of hydrogen-bond donors (Lipinski definition) is 2. The molecule has 3 N–H and O–H groups in total. The molecule has 0 unspecified atom stereocenters. The van der Waals surface area contributed by atoms with Gasteiger partial charge in [-0.25, -0.2) is 0 Å². The number of anilines is 1. The smallest absolute Gasteiger partial charge is 0.272 e. The van der Waals surface area contributed by atoms with Gasteiger partial charge < -0.3 is 15.1 Å². The van der Waals surface area contributed by atoms with Crippen molar-refractivity contribution < 1.29 is 9.21 Å². The van der Waals surface area contributed by atoms with Crippen LogP contribution in [0.2, 0.25) is 0 Å². The molecular weight excluding hydrogens is 256 g/mol. The Bertz CT molecular complexity index is 570. The highest BCUT2D eigenvalue weighted by Gasteiger charge is 2.29. The predicted molar refractivity (Wildman–Crippen MR) is 73.8 cm³/mol. The molecule has 20 heavy (non-hydrogen) atoms. The normalized spacial score (nSPS) is 15.6. The number of furan rings is 1. The van der Waals surface area contributed by atoms with Crippen molar-refractivity contribution in [3.05, 3.63) is 35.9 Å². The summed E-state index contributed by atoms with van der Waals surface area (Å²) in [7, 11) is 0. The molecule has 1 fully saturated rings. The average Bonchev–Trinajstić information content (AvgIpc) is 3.17. The molecule has 2 heterocycles. The van der Waals surface area contributed by atoms with Crippen LogP contribution in [0.15, 0.2) is 28.9 Å². The second-order valence-electron chi connectivity index (χ2n) is 5.16. The van der Waals surface area contributed by atoms with E-state index < -0.39 is 0 Å². The summed E-state index contributed by atoms with van der Waals surface area (Å²) >= 11 is 0. The third-order valence-electron chi connectivity index (χ3n) is 3.76. The van der Waals surface area contributed by atoms with Crippen LogP contribution in [0.4, 0.5) is 5.82 Å². The molecule has 0 radical (unpaired) electrons. The van der Waals surface area contributed by atoms with Gasteiger partial charge in [0.05, 0.1) is 12.8 Å². The number of nitrogens with two attached hydrogens (primary N) is 1. The van der Waals surface area contributed by atoms with E-state index in [2.05, 4.69) is 10.2 Å². The number of H-pyrrole nitrogens is 1. The lowest BCUT2D eigenvalue weighted by Gasteiger charge is -2.27. The van der Waals surface area contributed by atoms with Crippen molar-refractivity contribution in [1.82, 2.24) is 15.1 Å². The van der Waals surface area contributed by atoms with Crippen LogP contribution in [-0.4, -0.2) is 27.0 Å². The number of nitrogen functional groups attached to an aromatic ring is 1. The van der Waals surface area contributed by atoms with Crippen molar-refractivity contribution >= 4 is 11.7 Å². The molecule has 0 atom stereocenters. The topological polar surface area (TPSA) is 88.2 Å². The highest BCUT2D eigenvalue weighted by atomic mass is 16.3. The fraction of sp³-hybridized carbons (Fsp3) is 0.429. The number of nitrogens with one attached hydrogen (secondary N) is 1. The van der Waals surface area contributed by atoms with Gasteiger partial charge in [-0.2, -0.15) is 5.10 Å². The van der Waals surface area contributed by atoms with E-state index in [1.165, 1.54) is 0 Å². The molecule has 6 nitrogen and oxygen atoms in total. The number of carbonyl (C=O) groups is 1. The number of hydrogen-bond acceptors (Lipinski definition) is 4. The average molecular weight is 274 g/mol. The van der Waals surface area contributed by atoms with Crippen molar-refractivity contribution in [3.8, 4) is 0 Å². The molecule has 1 amide bonds. The first-order valence-electron chi connectivity index (χ1n) is 6.88. The summed E-state index contributed by atoms with van der Waals surface area (Å²) in [5.41, 5.74) is 6.01. The van der Waals surface area contributed by atoms with Gasteiger partial charge in [0.2, 0.25) is 0 Å². The number of carbonyl (C=O) groups excluding carboxylic acids is 1. The molecule has 106 valence electrons. The van der Waals surface area contributed by atoms with E-state index in [9.17, 15) is 4.79 Å². The largest absolute Gasteiger partial charge is 0.467 e. The van der Waals surface area contributed by atoms with Crippen molar-refractivity contribution in [2.45, 2.75) is 38.3 Å². The molecule has 0 bridgehead atoms. The van der Waals surface area contributed by atoms with E-state index in [0.717, 1.165) is 31.4 Å². The van der Waals surface area contributed by atoms with Gasteiger partial charge in [-0.05, 0) is 25.0 Å². The standard InChI is InChI=1S/C14H18N4O2/c15-13-8-12(16-17-13)14(19)18(10-4-1-2-5-10)9-11-6-3-7-20-11/h3,6-8,10H,1-2,4-5,9H2,(H3,15,16,17). The molecule has 0 aromatic carbocycles. The van der Waals surface area contributed by atoms with Crippen molar-refractivity contribution in [1.29, 1.82) is 0 Å². The Labute approximate surface area is 116 Å². The first-order chi connectivity index (χ1) is 9.74. The van der Waals surface area contributed by atoms with Crippen molar-refractivity contribution in [3.63, 3.8) is 0 Å². The zero-order valence-electron chi connectivity index (χ0n) is 11.2. The first-order valence-corrected chi connectivity index (χ1v) is 6.88. The summed E-state index contributed by atoms with van der Waals surface area (Å²) in [5, 5.41) is 6.52. The summed E-state index contributed by atoms with van der Waals surface area (Å²) < 4.78 is 5.37. The minimum atomic E-state index is -0.0718. The van der Waals surface area contributed by atoms with Crippen LogP contribution in [0, 0.1) is 0 Å². The monoisotopic (exact) mass is 274 g/mol. The van der Waals surface area contributed by atoms with Crippen LogP contribution in [0.25, 0.3) is 0 Å². The van der Waals surface area contributed by atoms with E-state index in [-0.39, 0.29) is 11.9 Å². The second-order valence-corrected chi connectivity index (χ2v) is 5.16. The summed E-state index contributed by atoms with van der Waals surface area (Å²) in [5.74, 6) is 1.05. The Kier molecular flexibility index (Phi) is 3.45. The Morgan fingerprint density at radius 3 is 2.90 bits per heavy atom. The lowest BCUT2D eigenvalue weighted by Crippen LogP contribution is -2.38. The van der Waals surface area contributed by atoms with Gasteiger partial charge in [0.25, 0.3) is 5.91 Å². The molecule has 6 heteroatoms. The molecule has 0 aliphatic heterocycles. The zero-order valence-corrected chi connectivity index (χ0v) is 11.2. The fourth-order valence-electron chi connectivity index (χ4n) is 2.75. The number of rotatable bonds is 4. The van der Waals surface area contributed by atoms with E-state index in [4.69, 9.17) is 10.2 Å². The highest BCUT2D eigenvalue weighted by Crippen LogP contribution is 2.26. The number of aromatic amines is 1. The van der Waals surface area contributed by atoms with Crippen LogP contribution >= 0.6 is 0 Å². The third-order valence-corrected chi connectivity index (χ3v) is 3.76. The summed E-state index contributed by atoms with van der Waals surface area (Å²) in [6, 6.07) is 5.56. The van der Waals surface area contributed by atoms with Crippen LogP contribution in [0.5, 0.6) is 0 Å². The predicted octanol–water partition coefficient (Wildman–Crippen LogP) is 2.17. The van der Waals surface area contributed by atoms with Gasteiger partial charge in [-0.15, -0.1) is 0 Å². The van der Waals surface area contributed by atoms with Crippen LogP contribution in [0.1, 0.15) is 41.9 Å². The minimum absolute atomic E-state index is 0.0718. The maximum Gasteiger partial charge on any atom is 0.272 e. The molecule has 3 rings (SSSR count).